The van der Waals surface area contributed by atoms with Gasteiger partial charge in [-0.15, -0.1) is 0 Å². The number of ether oxygens (including phenoxy) is 2. The number of nitro groups is 1. The van der Waals surface area contributed by atoms with Crippen molar-refractivity contribution in [2.75, 3.05) is 32.8 Å². The van der Waals surface area contributed by atoms with E-state index in [9.17, 15) is 14.9 Å². The predicted molar refractivity (Wildman–Crippen MR) is 73.7 cm³/mol. The van der Waals surface area contributed by atoms with Crippen molar-refractivity contribution in [3.63, 3.8) is 0 Å². The summed E-state index contributed by atoms with van der Waals surface area (Å²) in [5.41, 5.74) is -0.763. The van der Waals surface area contributed by atoms with Crippen LogP contribution in [0.1, 0.15) is 6.92 Å². The zero-order valence-corrected chi connectivity index (χ0v) is 12.2. The lowest BCUT2D eigenvalue weighted by Crippen LogP contribution is -2.48. The van der Waals surface area contributed by atoms with Gasteiger partial charge in [-0.1, -0.05) is 0 Å². The van der Waals surface area contributed by atoms with E-state index in [-0.39, 0.29) is 24.5 Å². The summed E-state index contributed by atoms with van der Waals surface area (Å²) < 4.78 is 12.5. The van der Waals surface area contributed by atoms with Crippen LogP contribution in [0.25, 0.3) is 0 Å². The van der Waals surface area contributed by atoms with E-state index in [1.54, 1.807) is 16.4 Å². The van der Waals surface area contributed by atoms with Gasteiger partial charge in [-0.2, -0.15) is 0 Å². The topological polar surface area (TPSA) is 112 Å². The Labute approximate surface area is 126 Å². The smallest absolute Gasteiger partial charge is 0.415 e. The Bertz CT molecular complexity index is 571. The lowest BCUT2D eigenvalue weighted by Gasteiger charge is -2.28. The summed E-state index contributed by atoms with van der Waals surface area (Å²) in [6, 6.07) is 0.174. The zero-order valence-electron chi connectivity index (χ0n) is 12.2. The van der Waals surface area contributed by atoms with Crippen molar-refractivity contribution in [1.82, 2.24) is 19.8 Å². The van der Waals surface area contributed by atoms with E-state index >= 15 is 0 Å². The van der Waals surface area contributed by atoms with Crippen LogP contribution in [0.5, 0.6) is 6.01 Å². The lowest BCUT2D eigenvalue weighted by molar-refractivity contribution is -0.389. The van der Waals surface area contributed by atoms with Gasteiger partial charge in [0, 0.05) is 31.2 Å². The molecule has 1 amide bonds. The molecule has 1 unspecified atom stereocenters. The van der Waals surface area contributed by atoms with Crippen molar-refractivity contribution in [2.24, 2.45) is 0 Å². The Balaban J connectivity index is 1.56. The van der Waals surface area contributed by atoms with Crippen LogP contribution in [-0.4, -0.2) is 63.9 Å². The first-order valence-electron chi connectivity index (χ1n) is 7.00. The third-order valence-electron chi connectivity index (χ3n) is 3.63. The molecule has 10 nitrogen and oxygen atoms in total. The Kier molecular flexibility index (Phi) is 3.61. The fourth-order valence-corrected chi connectivity index (χ4v) is 2.51. The first-order chi connectivity index (χ1) is 10.5. The average molecular weight is 311 g/mol. The van der Waals surface area contributed by atoms with E-state index in [2.05, 4.69) is 10.3 Å². The molecule has 0 spiro atoms. The first-order valence-corrected chi connectivity index (χ1v) is 7.00. The molecule has 1 N–H and O–H groups in total. The molecule has 2 aliphatic rings. The molecule has 0 aliphatic carbocycles. The molecule has 1 aromatic heterocycles. The Morgan fingerprint density at radius 3 is 2.95 bits per heavy atom. The number of carbonyl (C=O) groups excluding carboxylic acids is 1. The molecule has 3 rings (SSSR count). The van der Waals surface area contributed by atoms with E-state index in [1.165, 1.54) is 6.20 Å². The van der Waals surface area contributed by atoms with Crippen LogP contribution >= 0.6 is 0 Å². The molecule has 0 saturated carbocycles. The Hall–Kier alpha value is -2.36. The molecule has 1 atom stereocenters. The van der Waals surface area contributed by atoms with Gasteiger partial charge < -0.3 is 29.8 Å². The number of nitrogens with zero attached hydrogens (tertiary/aromatic N) is 4. The van der Waals surface area contributed by atoms with Crippen molar-refractivity contribution in [2.45, 2.75) is 19.1 Å². The van der Waals surface area contributed by atoms with Gasteiger partial charge >= 0.3 is 17.9 Å². The summed E-state index contributed by atoms with van der Waals surface area (Å²) >= 11 is 0. The minimum Gasteiger partial charge on any atom is -0.445 e. The third-order valence-corrected chi connectivity index (χ3v) is 3.63. The summed E-state index contributed by atoms with van der Waals surface area (Å²) in [6.45, 7) is 4.92. The maximum absolute atomic E-state index is 12.0. The van der Waals surface area contributed by atoms with E-state index in [0.29, 0.717) is 19.6 Å². The highest BCUT2D eigenvalue weighted by atomic mass is 16.6. The highest BCUT2D eigenvalue weighted by Gasteiger charge is 2.41. The van der Waals surface area contributed by atoms with Crippen molar-refractivity contribution >= 4 is 11.9 Å². The van der Waals surface area contributed by atoms with Gasteiger partial charge in [0.05, 0.1) is 6.54 Å². The molecule has 0 aromatic carbocycles. The molecule has 120 valence electrons. The van der Waals surface area contributed by atoms with Crippen molar-refractivity contribution in [1.29, 1.82) is 0 Å². The molecule has 22 heavy (non-hydrogen) atoms. The minimum atomic E-state index is -0.763. The first kappa shape index (κ1) is 14.6. The monoisotopic (exact) mass is 311 g/mol. The SMILES string of the molecule is CC1(COC(=O)N2CCNCC2)Cn2cc([N+](=O)[O-])nc2O1. The third kappa shape index (κ3) is 2.82. The average Bonchev–Trinajstić information content (AvgIpc) is 3.01. The number of carbonyl (C=O) groups is 1. The normalized spacial score (nSPS) is 23.8. The number of amides is 1. The van der Waals surface area contributed by atoms with Gasteiger partial charge in [0.15, 0.2) is 5.60 Å². The molecule has 3 heterocycles. The maximum atomic E-state index is 12.0. The van der Waals surface area contributed by atoms with Crippen LogP contribution in [0.3, 0.4) is 0 Å². The zero-order chi connectivity index (χ0) is 15.7. The number of rotatable bonds is 3. The summed E-state index contributed by atoms with van der Waals surface area (Å²) in [7, 11) is 0. The summed E-state index contributed by atoms with van der Waals surface area (Å²) in [5.74, 6) is -0.255. The van der Waals surface area contributed by atoms with Crippen molar-refractivity contribution < 1.29 is 19.2 Å². The largest absolute Gasteiger partial charge is 0.445 e. The van der Waals surface area contributed by atoms with Gasteiger partial charge in [-0.05, 0) is 11.8 Å². The number of nitrogens with one attached hydrogen (secondary N) is 1. The van der Waals surface area contributed by atoms with Gasteiger partial charge in [-0.3, -0.25) is 4.57 Å². The number of fused-ring (bicyclic) bond motifs is 1. The molecular formula is C12H17N5O5. The number of piperazine rings is 1. The van der Waals surface area contributed by atoms with E-state index < -0.39 is 10.5 Å². The highest BCUT2D eigenvalue weighted by molar-refractivity contribution is 5.67. The number of hydrogen-bond acceptors (Lipinski definition) is 7. The molecular weight excluding hydrogens is 294 g/mol. The highest BCUT2D eigenvalue weighted by Crippen LogP contribution is 2.31. The van der Waals surface area contributed by atoms with Gasteiger partial charge in [0.2, 0.25) is 0 Å². The van der Waals surface area contributed by atoms with Gasteiger partial charge in [0.1, 0.15) is 12.8 Å². The fourth-order valence-electron chi connectivity index (χ4n) is 2.51. The minimum absolute atomic E-state index is 0.0624. The molecule has 2 aliphatic heterocycles. The Morgan fingerprint density at radius 1 is 1.59 bits per heavy atom. The van der Waals surface area contributed by atoms with Crippen LogP contribution < -0.4 is 10.1 Å². The van der Waals surface area contributed by atoms with Crippen LogP contribution in [0.4, 0.5) is 10.6 Å². The number of hydrogen-bond donors (Lipinski definition) is 1. The van der Waals surface area contributed by atoms with E-state index in [4.69, 9.17) is 9.47 Å². The van der Waals surface area contributed by atoms with E-state index in [0.717, 1.165) is 13.1 Å². The van der Waals surface area contributed by atoms with Gasteiger partial charge in [-0.25, -0.2) is 4.79 Å². The van der Waals surface area contributed by atoms with Crippen LogP contribution in [0, 0.1) is 10.1 Å². The molecule has 10 heteroatoms. The molecule has 0 radical (unpaired) electrons. The van der Waals surface area contributed by atoms with Crippen molar-refractivity contribution in [3.05, 3.63) is 16.3 Å². The fraction of sp³-hybridized carbons (Fsp3) is 0.667. The van der Waals surface area contributed by atoms with Crippen LogP contribution in [0.2, 0.25) is 0 Å². The second kappa shape index (κ2) is 5.44. The number of aromatic nitrogens is 2. The van der Waals surface area contributed by atoms with Gasteiger partial charge in [0.25, 0.3) is 0 Å². The summed E-state index contributed by atoms with van der Waals surface area (Å²) in [6.07, 6.45) is 0.945. The number of imidazole rings is 1. The van der Waals surface area contributed by atoms with E-state index in [1.807, 2.05) is 0 Å². The van der Waals surface area contributed by atoms with Crippen molar-refractivity contribution in [3.8, 4) is 6.01 Å². The second-order valence-electron chi connectivity index (χ2n) is 5.61. The molecule has 0 bridgehead atoms. The van der Waals surface area contributed by atoms with Crippen LogP contribution in [-0.2, 0) is 11.3 Å². The Morgan fingerprint density at radius 2 is 2.32 bits per heavy atom. The maximum Gasteiger partial charge on any atom is 0.415 e. The second-order valence-corrected chi connectivity index (χ2v) is 5.61. The summed E-state index contributed by atoms with van der Waals surface area (Å²) in [5, 5.41) is 13.8. The van der Waals surface area contributed by atoms with Crippen LogP contribution in [0.15, 0.2) is 6.20 Å². The quantitative estimate of drug-likeness (QED) is 0.617. The molecule has 1 saturated heterocycles. The predicted octanol–water partition coefficient (Wildman–Crippen LogP) is -0.0158. The summed E-state index contributed by atoms with van der Waals surface area (Å²) in [4.78, 5) is 27.5. The lowest BCUT2D eigenvalue weighted by atomic mass is 10.1. The molecule has 1 fully saturated rings. The molecule has 1 aromatic rings. The standard InChI is InChI=1S/C12H17N5O5/c1-12(8-21-11(18)15-4-2-13-3-5-15)7-16-6-9(17(19)20)14-10(16)22-12/h6,13H,2-5,7-8H2,1H3.